The molecule has 0 bridgehead atoms. The summed E-state index contributed by atoms with van der Waals surface area (Å²) in [6.45, 7) is 7.75. The highest BCUT2D eigenvalue weighted by molar-refractivity contribution is 5.78. The summed E-state index contributed by atoms with van der Waals surface area (Å²) < 4.78 is 0. The van der Waals surface area contributed by atoms with Crippen LogP contribution in [0.4, 0.5) is 0 Å². The van der Waals surface area contributed by atoms with Crippen molar-refractivity contribution in [1.29, 1.82) is 0 Å². The molecule has 2 heterocycles. The third-order valence-electron chi connectivity index (χ3n) is 3.52. The second kappa shape index (κ2) is 5.64. The number of piperidine rings is 1. The molecule has 2 rings (SSSR count). The molecule has 0 unspecified atom stereocenters. The van der Waals surface area contributed by atoms with E-state index in [0.29, 0.717) is 18.5 Å². The number of nitrogens with one attached hydrogen (secondary N) is 1. The number of piperazine rings is 1. The topological polar surface area (TPSA) is 35.6 Å². The van der Waals surface area contributed by atoms with Gasteiger partial charge in [-0.2, -0.15) is 0 Å². The average molecular weight is 225 g/mol. The molecule has 0 saturated carbocycles. The minimum atomic E-state index is 0.328. The molecule has 2 aliphatic heterocycles. The minimum Gasteiger partial charge on any atom is -0.342 e. The first kappa shape index (κ1) is 11.9. The Balaban J connectivity index is 1.77. The first-order valence-corrected chi connectivity index (χ1v) is 6.49. The molecule has 1 N–H and O–H groups in total. The number of nitrogens with zero attached hydrogens (tertiary/aromatic N) is 2. The van der Waals surface area contributed by atoms with Crippen molar-refractivity contribution in [2.75, 3.05) is 39.3 Å². The van der Waals surface area contributed by atoms with E-state index in [2.05, 4.69) is 17.1 Å². The highest BCUT2D eigenvalue weighted by atomic mass is 16.2. The van der Waals surface area contributed by atoms with Crippen LogP contribution in [0.5, 0.6) is 0 Å². The Hall–Kier alpha value is -0.610. The Labute approximate surface area is 98.0 Å². The lowest BCUT2D eigenvalue weighted by Crippen LogP contribution is -2.52. The number of carbonyl (C=O) groups is 1. The zero-order valence-electron chi connectivity index (χ0n) is 10.2. The summed E-state index contributed by atoms with van der Waals surface area (Å²) >= 11 is 0. The maximum absolute atomic E-state index is 12.0. The SMILES string of the molecule is C[C@@H]1CN(CC(=O)N2CCCCC2)CCN1. The van der Waals surface area contributed by atoms with E-state index < -0.39 is 0 Å². The van der Waals surface area contributed by atoms with Crippen LogP contribution in [0.1, 0.15) is 26.2 Å². The first-order valence-electron chi connectivity index (χ1n) is 6.49. The van der Waals surface area contributed by atoms with E-state index in [1.807, 2.05) is 4.90 Å². The molecule has 2 saturated heterocycles. The van der Waals surface area contributed by atoms with Crippen LogP contribution in [0.2, 0.25) is 0 Å². The van der Waals surface area contributed by atoms with Gasteiger partial charge in [-0.25, -0.2) is 0 Å². The van der Waals surface area contributed by atoms with Crippen molar-refractivity contribution in [3.63, 3.8) is 0 Å². The van der Waals surface area contributed by atoms with Crippen LogP contribution < -0.4 is 5.32 Å². The van der Waals surface area contributed by atoms with Crippen LogP contribution in [-0.2, 0) is 4.79 Å². The lowest BCUT2D eigenvalue weighted by atomic mass is 10.1. The zero-order chi connectivity index (χ0) is 11.4. The van der Waals surface area contributed by atoms with Crippen molar-refractivity contribution < 1.29 is 4.79 Å². The summed E-state index contributed by atoms with van der Waals surface area (Å²) in [6.07, 6.45) is 3.65. The van der Waals surface area contributed by atoms with Gasteiger partial charge in [-0.1, -0.05) is 0 Å². The smallest absolute Gasteiger partial charge is 0.236 e. The first-order chi connectivity index (χ1) is 7.75. The van der Waals surface area contributed by atoms with E-state index in [4.69, 9.17) is 0 Å². The second-order valence-electron chi connectivity index (χ2n) is 5.03. The van der Waals surface area contributed by atoms with E-state index in [1.165, 1.54) is 19.3 Å². The number of hydrogen-bond acceptors (Lipinski definition) is 3. The van der Waals surface area contributed by atoms with Crippen molar-refractivity contribution in [2.24, 2.45) is 0 Å². The van der Waals surface area contributed by atoms with Crippen molar-refractivity contribution in [1.82, 2.24) is 15.1 Å². The van der Waals surface area contributed by atoms with Gasteiger partial charge in [-0.3, -0.25) is 9.69 Å². The summed E-state index contributed by atoms with van der Waals surface area (Å²) in [6, 6.07) is 0.517. The molecule has 16 heavy (non-hydrogen) atoms. The van der Waals surface area contributed by atoms with E-state index in [9.17, 15) is 4.79 Å². The Morgan fingerprint density at radius 2 is 2.00 bits per heavy atom. The molecule has 4 nitrogen and oxygen atoms in total. The Bertz CT molecular complexity index is 238. The second-order valence-corrected chi connectivity index (χ2v) is 5.03. The van der Waals surface area contributed by atoms with Gasteiger partial charge in [-0.05, 0) is 26.2 Å². The average Bonchev–Trinajstić information content (AvgIpc) is 2.30. The predicted molar refractivity (Wildman–Crippen MR) is 64.3 cm³/mol. The fraction of sp³-hybridized carbons (Fsp3) is 0.917. The highest BCUT2D eigenvalue weighted by Crippen LogP contribution is 2.09. The van der Waals surface area contributed by atoms with E-state index in [0.717, 1.165) is 32.7 Å². The Morgan fingerprint density at radius 3 is 2.69 bits per heavy atom. The molecule has 2 aliphatic rings. The van der Waals surface area contributed by atoms with Gasteiger partial charge in [-0.15, -0.1) is 0 Å². The normalized spacial score (nSPS) is 28.1. The van der Waals surface area contributed by atoms with Gasteiger partial charge in [0.05, 0.1) is 6.54 Å². The fourth-order valence-electron chi connectivity index (χ4n) is 2.59. The van der Waals surface area contributed by atoms with Crippen LogP contribution in [0, 0.1) is 0 Å². The Kier molecular flexibility index (Phi) is 4.18. The van der Waals surface area contributed by atoms with Crippen LogP contribution in [0.25, 0.3) is 0 Å². The van der Waals surface area contributed by atoms with Crippen molar-refractivity contribution >= 4 is 5.91 Å². The van der Waals surface area contributed by atoms with E-state index in [-0.39, 0.29) is 0 Å². The maximum atomic E-state index is 12.0. The van der Waals surface area contributed by atoms with Gasteiger partial charge in [0.15, 0.2) is 0 Å². The van der Waals surface area contributed by atoms with Gasteiger partial charge in [0.25, 0.3) is 0 Å². The van der Waals surface area contributed by atoms with E-state index >= 15 is 0 Å². The van der Waals surface area contributed by atoms with Crippen LogP contribution in [0.3, 0.4) is 0 Å². The molecule has 1 amide bonds. The number of hydrogen-bond donors (Lipinski definition) is 1. The third kappa shape index (κ3) is 3.19. The molecule has 4 heteroatoms. The summed E-state index contributed by atoms with van der Waals surface area (Å²) in [7, 11) is 0. The van der Waals surface area contributed by atoms with Crippen LogP contribution in [-0.4, -0.2) is 61.0 Å². The standard InChI is InChI=1S/C12H23N3O/c1-11-9-14(8-5-13-11)10-12(16)15-6-3-2-4-7-15/h11,13H,2-10H2,1H3/t11-/m1/s1. The quantitative estimate of drug-likeness (QED) is 0.734. The van der Waals surface area contributed by atoms with Crippen molar-refractivity contribution in [3.05, 3.63) is 0 Å². The minimum absolute atomic E-state index is 0.328. The predicted octanol–water partition coefficient (Wildman–Crippen LogP) is 0.293. The molecule has 0 aromatic heterocycles. The molecule has 0 radical (unpaired) electrons. The molecular formula is C12H23N3O. The van der Waals surface area contributed by atoms with Crippen LogP contribution >= 0.6 is 0 Å². The number of amides is 1. The molecule has 0 aliphatic carbocycles. The van der Waals surface area contributed by atoms with Gasteiger partial charge >= 0.3 is 0 Å². The number of carbonyl (C=O) groups excluding carboxylic acids is 1. The summed E-state index contributed by atoms with van der Waals surface area (Å²) in [4.78, 5) is 16.4. The third-order valence-corrected chi connectivity index (χ3v) is 3.52. The van der Waals surface area contributed by atoms with Gasteiger partial charge in [0, 0.05) is 38.8 Å². The molecular weight excluding hydrogens is 202 g/mol. The van der Waals surface area contributed by atoms with Crippen LogP contribution in [0.15, 0.2) is 0 Å². The monoisotopic (exact) mass is 225 g/mol. The van der Waals surface area contributed by atoms with E-state index in [1.54, 1.807) is 0 Å². The van der Waals surface area contributed by atoms with Gasteiger partial charge in [0.2, 0.25) is 5.91 Å². The molecule has 2 fully saturated rings. The largest absolute Gasteiger partial charge is 0.342 e. The number of likely N-dealkylation sites (tertiary alicyclic amines) is 1. The Morgan fingerprint density at radius 1 is 1.25 bits per heavy atom. The number of rotatable bonds is 2. The van der Waals surface area contributed by atoms with Crippen molar-refractivity contribution in [3.8, 4) is 0 Å². The highest BCUT2D eigenvalue weighted by Gasteiger charge is 2.22. The molecule has 0 aromatic rings. The lowest BCUT2D eigenvalue weighted by molar-refractivity contribution is -0.133. The van der Waals surface area contributed by atoms with Gasteiger partial charge < -0.3 is 10.2 Å². The summed E-state index contributed by atoms with van der Waals surface area (Å²) in [5, 5.41) is 3.40. The maximum Gasteiger partial charge on any atom is 0.236 e. The summed E-state index contributed by atoms with van der Waals surface area (Å²) in [5.74, 6) is 0.328. The van der Waals surface area contributed by atoms with Gasteiger partial charge in [0.1, 0.15) is 0 Å². The molecule has 1 atom stereocenters. The molecule has 92 valence electrons. The summed E-state index contributed by atoms with van der Waals surface area (Å²) in [5.41, 5.74) is 0. The fourth-order valence-corrected chi connectivity index (χ4v) is 2.59. The lowest BCUT2D eigenvalue weighted by Gasteiger charge is -2.34. The zero-order valence-corrected chi connectivity index (χ0v) is 10.2. The van der Waals surface area contributed by atoms with Crippen molar-refractivity contribution in [2.45, 2.75) is 32.2 Å². The molecule has 0 spiro atoms. The molecule has 0 aromatic carbocycles.